The Morgan fingerprint density at radius 1 is 1.00 bits per heavy atom. The average molecular weight is 477 g/mol. The van der Waals surface area contributed by atoms with Crippen LogP contribution in [0.4, 0.5) is 14.5 Å². The zero-order valence-electron chi connectivity index (χ0n) is 19.5. The highest BCUT2D eigenvalue weighted by Crippen LogP contribution is 2.21. The maximum absolute atomic E-state index is 13.5. The number of carbonyl (C=O) groups is 2. The van der Waals surface area contributed by atoms with Gasteiger partial charge in [-0.15, -0.1) is 0 Å². The molecule has 0 heterocycles. The second kappa shape index (κ2) is 10.9. The first-order valence-electron chi connectivity index (χ1n) is 11.0. The van der Waals surface area contributed by atoms with E-state index >= 15 is 0 Å². The smallest absolute Gasteiger partial charge is 0.255 e. The van der Waals surface area contributed by atoms with Crippen LogP contribution in [0.5, 0.6) is 0 Å². The fourth-order valence-electron chi connectivity index (χ4n) is 3.51. The van der Waals surface area contributed by atoms with E-state index in [0.717, 1.165) is 17.7 Å². The number of hydrogen-bond acceptors (Lipinski definition) is 4. The number of nitrogens with two attached hydrogens (primary N) is 1. The molecule has 0 aliphatic carbocycles. The molecule has 0 spiro atoms. The summed E-state index contributed by atoms with van der Waals surface area (Å²) in [4.78, 5) is 27.5. The largest absolute Gasteiger partial charge is 0.334 e. The molecular weight excluding hydrogens is 450 g/mol. The summed E-state index contributed by atoms with van der Waals surface area (Å²) in [5, 5.41) is 11.7. The van der Waals surface area contributed by atoms with Gasteiger partial charge in [-0.3, -0.25) is 9.59 Å². The van der Waals surface area contributed by atoms with Gasteiger partial charge in [0.05, 0.1) is 11.6 Å². The minimum Gasteiger partial charge on any atom is -0.334 e. The molecule has 0 fully saturated rings. The lowest BCUT2D eigenvalue weighted by Gasteiger charge is -2.32. The number of nitrogens with zero attached hydrogens (tertiary/aromatic N) is 2. The maximum Gasteiger partial charge on any atom is 0.255 e. The van der Waals surface area contributed by atoms with Crippen molar-refractivity contribution in [1.82, 2.24) is 4.90 Å². The number of carbonyl (C=O) groups excluding carboxylic acids is 2. The molecule has 8 heteroatoms. The summed E-state index contributed by atoms with van der Waals surface area (Å²) < 4.78 is 26.9. The van der Waals surface area contributed by atoms with Gasteiger partial charge in [0.1, 0.15) is 11.6 Å². The Morgan fingerprint density at radius 3 is 2.26 bits per heavy atom. The third-order valence-corrected chi connectivity index (χ3v) is 5.40. The molecule has 180 valence electrons. The van der Waals surface area contributed by atoms with E-state index in [9.17, 15) is 18.4 Å². The Morgan fingerprint density at radius 2 is 1.66 bits per heavy atom. The molecule has 3 aromatic carbocycles. The van der Waals surface area contributed by atoms with E-state index in [1.165, 1.54) is 0 Å². The molecule has 0 saturated carbocycles. The summed E-state index contributed by atoms with van der Waals surface area (Å²) in [5.41, 5.74) is 7.46. The lowest BCUT2D eigenvalue weighted by atomic mass is 9.92. The van der Waals surface area contributed by atoms with Gasteiger partial charge < -0.3 is 16.0 Å². The predicted octanol–water partition coefficient (Wildman–Crippen LogP) is 4.72. The lowest BCUT2D eigenvalue weighted by molar-refractivity contribution is 0.0673. The summed E-state index contributed by atoms with van der Waals surface area (Å²) in [6.45, 7) is 4.90. The molecule has 0 aliphatic rings. The van der Waals surface area contributed by atoms with Crippen LogP contribution in [-0.2, 0) is 6.54 Å². The van der Waals surface area contributed by atoms with Crippen LogP contribution in [0.25, 0.3) is 0 Å². The molecule has 0 unspecified atom stereocenters. The zero-order chi connectivity index (χ0) is 25.6. The van der Waals surface area contributed by atoms with Gasteiger partial charge in [0.25, 0.3) is 11.8 Å². The summed E-state index contributed by atoms with van der Waals surface area (Å²) in [7, 11) is 0. The van der Waals surface area contributed by atoms with Gasteiger partial charge >= 0.3 is 0 Å². The molecule has 0 atom stereocenters. The Balaban J connectivity index is 1.83. The van der Waals surface area contributed by atoms with E-state index in [1.54, 1.807) is 47.4 Å². The second-order valence-corrected chi connectivity index (χ2v) is 9.03. The third-order valence-electron chi connectivity index (χ3n) is 5.40. The number of halogens is 2. The van der Waals surface area contributed by atoms with E-state index in [-0.39, 0.29) is 23.4 Å². The molecule has 6 nitrogen and oxygen atoms in total. The predicted molar refractivity (Wildman–Crippen MR) is 129 cm³/mol. The number of nitrogens with one attached hydrogen (secondary N) is 1. The molecule has 0 aromatic heterocycles. The molecule has 35 heavy (non-hydrogen) atoms. The topological polar surface area (TPSA) is 99.2 Å². The van der Waals surface area contributed by atoms with E-state index in [4.69, 9.17) is 11.0 Å². The first kappa shape index (κ1) is 25.5. The average Bonchev–Trinajstić information content (AvgIpc) is 2.82. The quantitative estimate of drug-likeness (QED) is 0.492. The molecule has 2 amide bonds. The number of hydrogen-bond donors (Lipinski definition) is 2. The highest BCUT2D eigenvalue weighted by molar-refractivity contribution is 6.04. The van der Waals surface area contributed by atoms with Crippen molar-refractivity contribution in [2.45, 2.75) is 20.4 Å². The zero-order valence-corrected chi connectivity index (χ0v) is 19.5. The molecule has 0 bridgehead atoms. The molecular formula is C27H26F2N4O2. The van der Waals surface area contributed by atoms with E-state index in [0.29, 0.717) is 36.0 Å². The van der Waals surface area contributed by atoms with E-state index in [2.05, 4.69) is 5.32 Å². The Bertz CT molecular complexity index is 1250. The molecule has 3 aromatic rings. The van der Waals surface area contributed by atoms with Crippen LogP contribution in [0.1, 0.15) is 45.7 Å². The van der Waals surface area contributed by atoms with Gasteiger partial charge in [-0.25, -0.2) is 8.78 Å². The standard InChI is InChI=1S/C27H26F2N4O2/c1-27(2,16-31)17-33(26(35)20-8-6-18(14-30)7-9-20)15-19-4-3-5-24(10-19)32-25(34)21-11-22(28)13-23(29)12-21/h3-13H,15-17,31H2,1-2H3,(H,32,34). The number of rotatable bonds is 8. The van der Waals surface area contributed by atoms with Crippen molar-refractivity contribution in [3.8, 4) is 6.07 Å². The van der Waals surface area contributed by atoms with Crippen LogP contribution in [-0.4, -0.2) is 29.8 Å². The van der Waals surface area contributed by atoms with Crippen molar-refractivity contribution in [1.29, 1.82) is 5.26 Å². The van der Waals surface area contributed by atoms with Crippen LogP contribution in [0.3, 0.4) is 0 Å². The van der Waals surface area contributed by atoms with Gasteiger partial charge in [0, 0.05) is 36.0 Å². The summed E-state index contributed by atoms with van der Waals surface area (Å²) in [6.07, 6.45) is 0. The van der Waals surface area contributed by atoms with Crippen molar-refractivity contribution in [2.24, 2.45) is 11.1 Å². The van der Waals surface area contributed by atoms with Crippen LogP contribution >= 0.6 is 0 Å². The summed E-state index contributed by atoms with van der Waals surface area (Å²) in [5.74, 6) is -2.57. The Labute approximate surface area is 203 Å². The van der Waals surface area contributed by atoms with Crippen LogP contribution in [0.15, 0.2) is 66.7 Å². The highest BCUT2D eigenvalue weighted by Gasteiger charge is 2.25. The number of anilines is 1. The lowest BCUT2D eigenvalue weighted by Crippen LogP contribution is -2.41. The van der Waals surface area contributed by atoms with Crippen molar-refractivity contribution in [3.05, 3.63) is 101 Å². The minimum atomic E-state index is -0.844. The molecule has 3 rings (SSSR count). The van der Waals surface area contributed by atoms with Crippen molar-refractivity contribution in [2.75, 3.05) is 18.4 Å². The first-order chi connectivity index (χ1) is 16.6. The van der Waals surface area contributed by atoms with E-state index < -0.39 is 17.5 Å². The molecule has 3 N–H and O–H groups in total. The number of amides is 2. The van der Waals surface area contributed by atoms with Crippen LogP contribution in [0, 0.1) is 28.4 Å². The van der Waals surface area contributed by atoms with Gasteiger partial charge in [-0.1, -0.05) is 26.0 Å². The highest BCUT2D eigenvalue weighted by atomic mass is 19.1. The number of nitriles is 1. The summed E-state index contributed by atoms with van der Waals surface area (Å²) >= 11 is 0. The molecule has 0 aliphatic heterocycles. The van der Waals surface area contributed by atoms with Gasteiger partial charge in [-0.2, -0.15) is 5.26 Å². The number of benzene rings is 3. The Kier molecular flexibility index (Phi) is 7.94. The normalized spacial score (nSPS) is 11.0. The monoisotopic (exact) mass is 476 g/mol. The van der Waals surface area contributed by atoms with Crippen molar-refractivity contribution >= 4 is 17.5 Å². The maximum atomic E-state index is 13.5. The SMILES string of the molecule is CC(C)(CN)CN(Cc1cccc(NC(=O)c2cc(F)cc(F)c2)c1)C(=O)c1ccc(C#N)cc1. The van der Waals surface area contributed by atoms with E-state index in [1.807, 2.05) is 26.0 Å². The third kappa shape index (κ3) is 6.95. The fraction of sp³-hybridized carbons (Fsp3) is 0.222. The van der Waals surface area contributed by atoms with Crippen LogP contribution in [0.2, 0.25) is 0 Å². The fourth-order valence-corrected chi connectivity index (χ4v) is 3.51. The molecule has 0 radical (unpaired) electrons. The minimum absolute atomic E-state index is 0.143. The van der Waals surface area contributed by atoms with Gasteiger partial charge in [0.15, 0.2) is 0 Å². The van der Waals surface area contributed by atoms with Crippen LogP contribution < -0.4 is 11.1 Å². The van der Waals surface area contributed by atoms with Gasteiger partial charge in [0.2, 0.25) is 0 Å². The molecule has 0 saturated heterocycles. The van der Waals surface area contributed by atoms with Gasteiger partial charge in [-0.05, 0) is 66.1 Å². The first-order valence-corrected chi connectivity index (χ1v) is 11.0. The summed E-state index contributed by atoms with van der Waals surface area (Å²) in [6, 6.07) is 17.9. The van der Waals surface area contributed by atoms with Crippen molar-refractivity contribution in [3.63, 3.8) is 0 Å². The Hall–Kier alpha value is -4.09. The van der Waals surface area contributed by atoms with Crippen molar-refractivity contribution < 1.29 is 18.4 Å². The second-order valence-electron chi connectivity index (χ2n) is 9.03.